The van der Waals surface area contributed by atoms with Crippen LogP contribution < -0.4 is 4.74 Å². The lowest BCUT2D eigenvalue weighted by Gasteiger charge is -2.08. The van der Waals surface area contributed by atoms with Crippen LogP contribution in [0.1, 0.15) is 25.5 Å². The van der Waals surface area contributed by atoms with E-state index in [0.29, 0.717) is 12.6 Å². The number of rotatable bonds is 2. The van der Waals surface area contributed by atoms with Gasteiger partial charge < -0.3 is 4.74 Å². The fourth-order valence-electron chi connectivity index (χ4n) is 2.83. The SMILES string of the molecule is CC(C)n1ncnc1-c1cc2c(s1)-c1cc(Br)ccc1OCC2. The van der Waals surface area contributed by atoms with E-state index in [9.17, 15) is 0 Å². The van der Waals surface area contributed by atoms with Crippen molar-refractivity contribution in [2.45, 2.75) is 26.3 Å². The molecule has 0 fully saturated rings. The minimum atomic E-state index is 0.291. The quantitative estimate of drug-likeness (QED) is 0.622. The highest BCUT2D eigenvalue weighted by Gasteiger charge is 2.21. The van der Waals surface area contributed by atoms with Gasteiger partial charge in [-0.15, -0.1) is 11.3 Å². The number of hydrogen-bond acceptors (Lipinski definition) is 4. The minimum Gasteiger partial charge on any atom is -0.493 e. The Bertz CT molecular complexity index is 869. The average Bonchev–Trinajstić information content (AvgIpc) is 3.12. The predicted octanol–water partition coefficient (Wildman–Crippen LogP) is 4.95. The number of aromatic nitrogens is 3. The van der Waals surface area contributed by atoms with Crippen LogP contribution in [-0.4, -0.2) is 21.4 Å². The summed E-state index contributed by atoms with van der Waals surface area (Å²) in [5.41, 5.74) is 2.47. The Hall–Kier alpha value is -1.66. The van der Waals surface area contributed by atoms with Crippen molar-refractivity contribution in [3.63, 3.8) is 0 Å². The van der Waals surface area contributed by atoms with Crippen LogP contribution in [0.5, 0.6) is 5.75 Å². The lowest BCUT2D eigenvalue weighted by molar-refractivity contribution is 0.326. The molecular formula is C17H16BrN3OS. The largest absolute Gasteiger partial charge is 0.493 e. The normalized spacial score (nSPS) is 13.4. The number of halogens is 1. The summed E-state index contributed by atoms with van der Waals surface area (Å²) in [5, 5.41) is 4.36. The molecule has 0 saturated heterocycles. The molecule has 6 heteroatoms. The highest BCUT2D eigenvalue weighted by molar-refractivity contribution is 9.10. The van der Waals surface area contributed by atoms with E-state index >= 15 is 0 Å². The third kappa shape index (κ3) is 2.60. The van der Waals surface area contributed by atoms with Crippen molar-refractivity contribution < 1.29 is 4.74 Å². The van der Waals surface area contributed by atoms with Gasteiger partial charge in [-0.2, -0.15) is 5.10 Å². The van der Waals surface area contributed by atoms with Gasteiger partial charge in [-0.05, 0) is 43.7 Å². The van der Waals surface area contributed by atoms with Crippen LogP contribution in [0, 0.1) is 0 Å². The van der Waals surface area contributed by atoms with E-state index < -0.39 is 0 Å². The Balaban J connectivity index is 1.87. The van der Waals surface area contributed by atoms with Crippen molar-refractivity contribution in [2.24, 2.45) is 0 Å². The molecule has 3 heterocycles. The fraction of sp³-hybridized carbons (Fsp3) is 0.294. The van der Waals surface area contributed by atoms with E-state index in [0.717, 1.165) is 32.9 Å². The van der Waals surface area contributed by atoms with Crippen LogP contribution in [0.25, 0.3) is 21.1 Å². The fourth-order valence-corrected chi connectivity index (χ4v) is 4.41. The molecular weight excluding hydrogens is 374 g/mol. The topological polar surface area (TPSA) is 39.9 Å². The van der Waals surface area contributed by atoms with Gasteiger partial charge >= 0.3 is 0 Å². The summed E-state index contributed by atoms with van der Waals surface area (Å²) in [4.78, 5) is 6.90. The molecule has 0 bridgehead atoms. The van der Waals surface area contributed by atoms with Crippen LogP contribution >= 0.6 is 27.3 Å². The molecule has 1 aliphatic rings. The van der Waals surface area contributed by atoms with E-state index in [2.05, 4.69) is 52.0 Å². The Labute approximate surface area is 147 Å². The highest BCUT2D eigenvalue weighted by atomic mass is 79.9. The average molecular weight is 390 g/mol. The molecule has 118 valence electrons. The van der Waals surface area contributed by atoms with Crippen LogP contribution in [0.4, 0.5) is 0 Å². The molecule has 2 aromatic heterocycles. The first kappa shape index (κ1) is 14.9. The van der Waals surface area contributed by atoms with E-state index in [1.807, 2.05) is 16.8 Å². The molecule has 0 saturated carbocycles. The lowest BCUT2D eigenvalue weighted by atomic mass is 10.1. The Morgan fingerprint density at radius 3 is 3.00 bits per heavy atom. The van der Waals surface area contributed by atoms with Crippen LogP contribution in [-0.2, 0) is 6.42 Å². The van der Waals surface area contributed by atoms with Gasteiger partial charge in [0.25, 0.3) is 0 Å². The maximum Gasteiger partial charge on any atom is 0.168 e. The van der Waals surface area contributed by atoms with Crippen molar-refractivity contribution in [1.29, 1.82) is 0 Å². The predicted molar refractivity (Wildman–Crippen MR) is 96.1 cm³/mol. The lowest BCUT2D eigenvalue weighted by Crippen LogP contribution is -2.04. The van der Waals surface area contributed by atoms with Gasteiger partial charge in [0.2, 0.25) is 0 Å². The summed E-state index contributed by atoms with van der Waals surface area (Å²) in [7, 11) is 0. The molecule has 0 spiro atoms. The summed E-state index contributed by atoms with van der Waals surface area (Å²) in [5.74, 6) is 1.89. The zero-order valence-corrected chi connectivity index (χ0v) is 15.3. The number of hydrogen-bond donors (Lipinski definition) is 0. The zero-order valence-electron chi connectivity index (χ0n) is 12.9. The maximum absolute atomic E-state index is 5.89. The van der Waals surface area contributed by atoms with Gasteiger partial charge in [-0.1, -0.05) is 15.9 Å². The molecule has 0 N–H and O–H groups in total. The molecule has 23 heavy (non-hydrogen) atoms. The molecule has 0 aliphatic carbocycles. The van der Waals surface area contributed by atoms with E-state index in [1.54, 1.807) is 17.7 Å². The number of thiophene rings is 1. The zero-order chi connectivity index (χ0) is 16.0. The molecule has 1 aromatic carbocycles. The second kappa shape index (κ2) is 5.76. The van der Waals surface area contributed by atoms with Crippen molar-refractivity contribution in [3.8, 4) is 26.9 Å². The Kier molecular flexibility index (Phi) is 3.73. The van der Waals surface area contributed by atoms with E-state index in [-0.39, 0.29) is 0 Å². The molecule has 3 aromatic rings. The molecule has 1 aliphatic heterocycles. The first-order valence-electron chi connectivity index (χ1n) is 7.59. The van der Waals surface area contributed by atoms with Gasteiger partial charge in [-0.25, -0.2) is 9.67 Å². The second-order valence-corrected chi connectivity index (χ2v) is 7.79. The van der Waals surface area contributed by atoms with Crippen LogP contribution in [0.2, 0.25) is 0 Å². The molecule has 4 rings (SSSR count). The van der Waals surface area contributed by atoms with Crippen molar-refractivity contribution in [3.05, 3.63) is 40.6 Å². The summed E-state index contributed by atoms with van der Waals surface area (Å²) >= 11 is 5.33. The summed E-state index contributed by atoms with van der Waals surface area (Å²) in [6.07, 6.45) is 2.54. The monoisotopic (exact) mass is 389 g/mol. The molecule has 0 amide bonds. The molecule has 0 radical (unpaired) electrons. The summed E-state index contributed by atoms with van der Waals surface area (Å²) in [6, 6.07) is 8.71. The van der Waals surface area contributed by atoms with Crippen LogP contribution in [0.3, 0.4) is 0 Å². The van der Waals surface area contributed by atoms with Crippen molar-refractivity contribution >= 4 is 27.3 Å². The first-order valence-corrected chi connectivity index (χ1v) is 9.19. The van der Waals surface area contributed by atoms with Crippen molar-refractivity contribution in [2.75, 3.05) is 6.61 Å². The third-order valence-electron chi connectivity index (χ3n) is 3.91. The number of fused-ring (bicyclic) bond motifs is 3. The molecule has 0 unspecified atom stereocenters. The second-order valence-electron chi connectivity index (χ2n) is 5.83. The van der Waals surface area contributed by atoms with E-state index in [1.165, 1.54) is 10.4 Å². The van der Waals surface area contributed by atoms with Gasteiger partial charge in [-0.3, -0.25) is 0 Å². The smallest absolute Gasteiger partial charge is 0.168 e. The Morgan fingerprint density at radius 1 is 1.30 bits per heavy atom. The third-order valence-corrected chi connectivity index (χ3v) is 5.61. The van der Waals surface area contributed by atoms with Crippen molar-refractivity contribution in [1.82, 2.24) is 14.8 Å². The summed E-state index contributed by atoms with van der Waals surface area (Å²) in [6.45, 7) is 4.95. The number of ether oxygens (including phenoxy) is 1. The standard InChI is InChI=1S/C17H16BrN3OS/c1-10(2)21-17(19-9-20-21)15-7-11-5-6-22-14-4-3-12(18)8-13(14)16(11)23-15/h3-4,7-10H,5-6H2,1-2H3. The first-order chi connectivity index (χ1) is 11.1. The molecule has 4 nitrogen and oxygen atoms in total. The van der Waals surface area contributed by atoms with Gasteiger partial charge in [0.05, 0.1) is 11.5 Å². The summed E-state index contributed by atoms with van der Waals surface area (Å²) < 4.78 is 8.93. The van der Waals surface area contributed by atoms with Gasteiger partial charge in [0.1, 0.15) is 12.1 Å². The maximum atomic E-state index is 5.89. The van der Waals surface area contributed by atoms with Gasteiger partial charge in [0.15, 0.2) is 5.82 Å². The van der Waals surface area contributed by atoms with E-state index in [4.69, 9.17) is 4.74 Å². The minimum absolute atomic E-state index is 0.291. The van der Waals surface area contributed by atoms with Crippen LogP contribution in [0.15, 0.2) is 35.1 Å². The molecule has 0 atom stereocenters. The van der Waals surface area contributed by atoms with Gasteiger partial charge in [0, 0.05) is 27.4 Å². The number of benzene rings is 1. The Morgan fingerprint density at radius 2 is 2.17 bits per heavy atom. The number of nitrogens with zero attached hydrogens (tertiary/aromatic N) is 3. The highest BCUT2D eigenvalue weighted by Crippen LogP contribution is 2.44.